The molecule has 1 N–H and O–H groups in total. The van der Waals surface area contributed by atoms with E-state index in [0.29, 0.717) is 19.0 Å². The Hall–Kier alpha value is -2.19. The molecule has 0 spiro atoms. The monoisotopic (exact) mass is 341 g/mol. The molecule has 0 atom stereocenters. The van der Waals surface area contributed by atoms with E-state index in [-0.39, 0.29) is 17.3 Å². The number of urea groups is 1. The van der Waals surface area contributed by atoms with Gasteiger partial charge in [-0.3, -0.25) is 0 Å². The zero-order valence-corrected chi connectivity index (χ0v) is 13.5. The molecule has 23 heavy (non-hydrogen) atoms. The Labute approximate surface area is 138 Å². The molecule has 2 aromatic rings. The number of carbonyl (C=O) groups is 1. The van der Waals surface area contributed by atoms with Gasteiger partial charge in [-0.05, 0) is 18.2 Å². The summed E-state index contributed by atoms with van der Waals surface area (Å²) < 4.78 is 20.5. The quantitative estimate of drug-likeness (QED) is 0.875. The van der Waals surface area contributed by atoms with Crippen molar-refractivity contribution in [3.63, 3.8) is 0 Å². The third kappa shape index (κ3) is 4.64. The van der Waals surface area contributed by atoms with E-state index in [1.807, 2.05) is 0 Å². The number of hydrogen-bond acceptors (Lipinski definition) is 4. The van der Waals surface area contributed by atoms with Crippen LogP contribution in [0.25, 0.3) is 0 Å². The normalized spacial score (nSPS) is 10.6. The van der Waals surface area contributed by atoms with E-state index < -0.39 is 11.8 Å². The van der Waals surface area contributed by atoms with E-state index in [1.54, 1.807) is 25.1 Å². The fraction of sp³-hybridized carbons (Fsp3) is 0.357. The molecule has 0 saturated heterocycles. The Kier molecular flexibility index (Phi) is 5.89. The largest absolute Gasteiger partial charge is 0.383 e. The minimum atomic E-state index is -0.595. The summed E-state index contributed by atoms with van der Waals surface area (Å²) in [6.07, 6.45) is 1.57. The number of rotatable bonds is 6. The van der Waals surface area contributed by atoms with Gasteiger partial charge in [0.1, 0.15) is 12.1 Å². The molecular weight excluding hydrogens is 325 g/mol. The Balaban J connectivity index is 1.98. The first kappa shape index (κ1) is 17.2. The Morgan fingerprint density at radius 2 is 2.30 bits per heavy atom. The van der Waals surface area contributed by atoms with E-state index in [9.17, 15) is 9.18 Å². The number of carbonyl (C=O) groups excluding carboxylic acids is 1. The Morgan fingerprint density at radius 1 is 1.52 bits per heavy atom. The fourth-order valence-electron chi connectivity index (χ4n) is 1.86. The van der Waals surface area contributed by atoms with Crippen LogP contribution in [0.15, 0.2) is 24.5 Å². The van der Waals surface area contributed by atoms with Crippen molar-refractivity contribution in [1.82, 2.24) is 19.7 Å². The van der Waals surface area contributed by atoms with Gasteiger partial charge in [0.25, 0.3) is 0 Å². The van der Waals surface area contributed by atoms with Crippen molar-refractivity contribution >= 4 is 23.3 Å². The molecule has 0 unspecified atom stereocenters. The number of hydrogen-bond donors (Lipinski definition) is 1. The molecule has 0 aliphatic rings. The van der Waals surface area contributed by atoms with Gasteiger partial charge in [0, 0.05) is 25.7 Å². The van der Waals surface area contributed by atoms with Crippen LogP contribution < -0.4 is 5.32 Å². The van der Waals surface area contributed by atoms with Crippen molar-refractivity contribution in [2.75, 3.05) is 26.1 Å². The summed E-state index contributed by atoms with van der Waals surface area (Å²) in [6, 6.07) is 3.58. The van der Waals surface area contributed by atoms with Crippen molar-refractivity contribution < 1.29 is 13.9 Å². The predicted octanol–water partition coefficient (Wildman–Crippen LogP) is 2.38. The molecule has 2 rings (SSSR count). The highest BCUT2D eigenvalue weighted by molar-refractivity contribution is 6.30. The number of ether oxygens (including phenoxy) is 1. The summed E-state index contributed by atoms with van der Waals surface area (Å²) in [5.74, 6) is 0.0128. The molecule has 1 aromatic carbocycles. The Morgan fingerprint density at radius 3 is 3.00 bits per heavy atom. The maximum absolute atomic E-state index is 13.7. The van der Waals surface area contributed by atoms with Crippen LogP contribution in [0.5, 0.6) is 0 Å². The van der Waals surface area contributed by atoms with E-state index in [2.05, 4.69) is 15.5 Å². The van der Waals surface area contributed by atoms with Gasteiger partial charge in [0.2, 0.25) is 0 Å². The fourth-order valence-corrected chi connectivity index (χ4v) is 2.02. The van der Waals surface area contributed by atoms with E-state index in [1.165, 1.54) is 17.0 Å². The molecule has 1 heterocycles. The van der Waals surface area contributed by atoms with Gasteiger partial charge in [-0.1, -0.05) is 11.6 Å². The van der Waals surface area contributed by atoms with Crippen LogP contribution >= 0.6 is 11.6 Å². The van der Waals surface area contributed by atoms with Crippen molar-refractivity contribution in [3.8, 4) is 0 Å². The second-order valence-corrected chi connectivity index (χ2v) is 5.28. The number of nitrogens with one attached hydrogen (secondary N) is 1. The third-order valence-electron chi connectivity index (χ3n) is 3.13. The lowest BCUT2D eigenvalue weighted by atomic mass is 10.3. The van der Waals surface area contributed by atoms with Gasteiger partial charge in [-0.2, -0.15) is 0 Å². The lowest BCUT2D eigenvalue weighted by Gasteiger charge is -2.18. The number of benzene rings is 1. The highest BCUT2D eigenvalue weighted by Gasteiger charge is 2.15. The zero-order valence-electron chi connectivity index (χ0n) is 12.8. The molecule has 0 aliphatic carbocycles. The highest BCUT2D eigenvalue weighted by Crippen LogP contribution is 2.19. The molecule has 0 saturated carbocycles. The number of amides is 2. The summed E-state index contributed by atoms with van der Waals surface area (Å²) in [6.45, 7) is 1.32. The number of methoxy groups -OCH3 is 1. The summed E-state index contributed by atoms with van der Waals surface area (Å²) in [4.78, 5) is 13.5. The second kappa shape index (κ2) is 7.89. The van der Waals surface area contributed by atoms with Crippen LogP contribution in [-0.4, -0.2) is 46.5 Å². The van der Waals surface area contributed by atoms with Gasteiger partial charge in [0.15, 0.2) is 5.82 Å². The first-order valence-corrected chi connectivity index (χ1v) is 7.22. The molecule has 7 nitrogen and oxygen atoms in total. The minimum Gasteiger partial charge on any atom is -0.383 e. The lowest BCUT2D eigenvalue weighted by molar-refractivity contribution is 0.184. The van der Waals surface area contributed by atoms with Gasteiger partial charge in [-0.25, -0.2) is 9.18 Å². The SMILES string of the molecule is COCCn1cnnc1CN(C)C(=O)Nc1ccc(Cl)cc1F. The lowest BCUT2D eigenvalue weighted by Crippen LogP contribution is -2.32. The molecule has 1 aromatic heterocycles. The van der Waals surface area contributed by atoms with Gasteiger partial charge in [-0.15, -0.1) is 10.2 Å². The molecule has 0 aliphatic heterocycles. The van der Waals surface area contributed by atoms with E-state index >= 15 is 0 Å². The summed E-state index contributed by atoms with van der Waals surface area (Å²) in [5, 5.41) is 10.5. The summed E-state index contributed by atoms with van der Waals surface area (Å²) in [7, 11) is 3.18. The standard InChI is InChI=1S/C14H17ClFN5O2/c1-20(8-13-19-17-9-21(13)5-6-23-2)14(22)18-12-4-3-10(15)7-11(12)16/h3-4,7,9H,5-6,8H2,1-2H3,(H,18,22). The molecule has 0 fully saturated rings. The number of nitrogens with zero attached hydrogens (tertiary/aromatic N) is 4. The predicted molar refractivity (Wildman–Crippen MR) is 83.8 cm³/mol. The highest BCUT2D eigenvalue weighted by atomic mass is 35.5. The van der Waals surface area contributed by atoms with Crippen LogP contribution in [-0.2, 0) is 17.8 Å². The molecule has 0 radical (unpaired) electrons. The van der Waals surface area contributed by atoms with Gasteiger partial charge < -0.3 is 19.5 Å². The number of anilines is 1. The molecule has 0 bridgehead atoms. The van der Waals surface area contributed by atoms with Crippen LogP contribution in [0.1, 0.15) is 5.82 Å². The van der Waals surface area contributed by atoms with Crippen LogP contribution in [0.2, 0.25) is 5.02 Å². The number of aromatic nitrogens is 3. The molecular formula is C14H17ClFN5O2. The summed E-state index contributed by atoms with van der Waals surface area (Å²) in [5.41, 5.74) is 0.0621. The molecule has 9 heteroatoms. The zero-order chi connectivity index (χ0) is 16.8. The number of halogens is 2. The van der Waals surface area contributed by atoms with Gasteiger partial charge >= 0.3 is 6.03 Å². The van der Waals surface area contributed by atoms with Crippen molar-refractivity contribution in [2.45, 2.75) is 13.1 Å². The molecule has 124 valence electrons. The first-order valence-electron chi connectivity index (χ1n) is 6.84. The summed E-state index contributed by atoms with van der Waals surface area (Å²) >= 11 is 5.68. The maximum Gasteiger partial charge on any atom is 0.322 e. The smallest absolute Gasteiger partial charge is 0.322 e. The average Bonchev–Trinajstić information content (AvgIpc) is 2.95. The topological polar surface area (TPSA) is 72.3 Å². The van der Waals surface area contributed by atoms with E-state index in [4.69, 9.17) is 16.3 Å². The minimum absolute atomic E-state index is 0.0621. The van der Waals surface area contributed by atoms with Crippen LogP contribution in [0.3, 0.4) is 0 Å². The van der Waals surface area contributed by atoms with Crippen molar-refractivity contribution in [3.05, 3.63) is 41.2 Å². The second-order valence-electron chi connectivity index (χ2n) is 4.84. The van der Waals surface area contributed by atoms with Crippen LogP contribution in [0.4, 0.5) is 14.9 Å². The average molecular weight is 342 g/mol. The van der Waals surface area contributed by atoms with Crippen LogP contribution in [0, 0.1) is 5.82 Å². The van der Waals surface area contributed by atoms with Crippen molar-refractivity contribution in [1.29, 1.82) is 0 Å². The Bertz CT molecular complexity index is 679. The van der Waals surface area contributed by atoms with Gasteiger partial charge in [0.05, 0.1) is 18.8 Å². The third-order valence-corrected chi connectivity index (χ3v) is 3.37. The first-order chi connectivity index (χ1) is 11.0. The molecule has 2 amide bonds. The maximum atomic E-state index is 13.7. The van der Waals surface area contributed by atoms with Crippen molar-refractivity contribution in [2.24, 2.45) is 0 Å². The van der Waals surface area contributed by atoms with E-state index in [0.717, 1.165) is 6.07 Å².